The second-order valence-corrected chi connectivity index (χ2v) is 5.58. The number of halogens is 3. The summed E-state index contributed by atoms with van der Waals surface area (Å²) in [5, 5.41) is 4.53. The monoisotopic (exact) mass is 311 g/mol. The van der Waals surface area contributed by atoms with Gasteiger partial charge in [-0.1, -0.05) is 42.3 Å². The maximum Gasteiger partial charge on any atom is 0.128 e. The van der Waals surface area contributed by atoms with Gasteiger partial charge in [0.2, 0.25) is 0 Å². The zero-order chi connectivity index (χ0) is 14.7. The van der Waals surface area contributed by atoms with Crippen LogP contribution in [0.4, 0.5) is 10.1 Å². The van der Waals surface area contributed by atoms with Crippen molar-refractivity contribution in [3.8, 4) is 0 Å². The Kier molecular flexibility index (Phi) is 4.90. The van der Waals surface area contributed by atoms with Crippen LogP contribution in [0.2, 0.25) is 10.0 Å². The summed E-state index contributed by atoms with van der Waals surface area (Å²) < 4.78 is 13.6. The van der Waals surface area contributed by atoms with E-state index in [-0.39, 0.29) is 11.9 Å². The number of hydrogen-bond donors (Lipinski definition) is 1. The Labute approximate surface area is 128 Å². The normalized spacial score (nSPS) is 12.2. The van der Waals surface area contributed by atoms with Crippen molar-refractivity contribution in [2.24, 2.45) is 0 Å². The summed E-state index contributed by atoms with van der Waals surface area (Å²) in [6.45, 7) is 3.79. The van der Waals surface area contributed by atoms with Crippen molar-refractivity contribution < 1.29 is 4.39 Å². The van der Waals surface area contributed by atoms with Gasteiger partial charge in [-0.15, -0.1) is 0 Å². The second kappa shape index (κ2) is 6.47. The fraction of sp³-hybridized carbons (Fsp3) is 0.250. The number of anilines is 1. The lowest BCUT2D eigenvalue weighted by molar-refractivity contribution is 0.618. The van der Waals surface area contributed by atoms with Crippen LogP contribution in [0.15, 0.2) is 36.4 Å². The molecule has 1 unspecified atom stereocenters. The van der Waals surface area contributed by atoms with Crippen LogP contribution in [-0.2, 0) is 0 Å². The molecule has 0 spiro atoms. The largest absolute Gasteiger partial charge is 0.378 e. The van der Waals surface area contributed by atoms with Crippen LogP contribution in [0.5, 0.6) is 0 Å². The highest BCUT2D eigenvalue weighted by atomic mass is 35.5. The van der Waals surface area contributed by atoms with Gasteiger partial charge in [-0.2, -0.15) is 0 Å². The number of rotatable bonds is 4. The third kappa shape index (κ3) is 3.44. The predicted octanol–water partition coefficient (Wildman–Crippen LogP) is 6.00. The van der Waals surface area contributed by atoms with Crippen LogP contribution >= 0.6 is 23.2 Å². The van der Waals surface area contributed by atoms with E-state index in [1.54, 1.807) is 19.1 Å². The Morgan fingerprint density at radius 3 is 2.50 bits per heavy atom. The van der Waals surface area contributed by atoms with Crippen LogP contribution in [0.3, 0.4) is 0 Å². The molecule has 106 valence electrons. The summed E-state index contributed by atoms with van der Waals surface area (Å²) in [4.78, 5) is 0. The van der Waals surface area contributed by atoms with Gasteiger partial charge < -0.3 is 5.32 Å². The maximum absolute atomic E-state index is 13.6. The third-order valence-electron chi connectivity index (χ3n) is 3.26. The Morgan fingerprint density at radius 2 is 1.90 bits per heavy atom. The first-order valence-electron chi connectivity index (χ1n) is 6.49. The molecule has 0 aliphatic rings. The zero-order valence-corrected chi connectivity index (χ0v) is 12.9. The van der Waals surface area contributed by atoms with E-state index in [2.05, 4.69) is 5.32 Å². The molecule has 1 nitrogen and oxygen atoms in total. The molecule has 0 heterocycles. The van der Waals surface area contributed by atoms with Gasteiger partial charge in [0.05, 0.1) is 6.04 Å². The molecule has 2 aromatic carbocycles. The topological polar surface area (TPSA) is 12.0 Å². The molecule has 0 aliphatic heterocycles. The predicted molar refractivity (Wildman–Crippen MR) is 84.3 cm³/mol. The minimum Gasteiger partial charge on any atom is -0.378 e. The lowest BCUT2D eigenvalue weighted by Crippen LogP contribution is -2.10. The molecule has 0 aliphatic carbocycles. The molecule has 0 bridgehead atoms. The van der Waals surface area contributed by atoms with Crippen molar-refractivity contribution >= 4 is 28.9 Å². The van der Waals surface area contributed by atoms with Gasteiger partial charge in [-0.25, -0.2) is 4.39 Å². The smallest absolute Gasteiger partial charge is 0.128 e. The molecule has 0 fully saturated rings. The van der Waals surface area contributed by atoms with Gasteiger partial charge in [0.25, 0.3) is 0 Å². The van der Waals surface area contributed by atoms with Gasteiger partial charge in [-0.3, -0.25) is 0 Å². The first-order valence-corrected chi connectivity index (χ1v) is 7.24. The highest BCUT2D eigenvalue weighted by Gasteiger charge is 2.13. The standard InChI is InChI=1S/C16H16Cl2FN/c1-3-16(13-7-5-11(17)8-14(13)18)20-12-6-4-10(2)15(19)9-12/h4-9,16,20H,3H2,1-2H3. The van der Waals surface area contributed by atoms with E-state index in [9.17, 15) is 4.39 Å². The molecule has 0 radical (unpaired) electrons. The first-order chi connectivity index (χ1) is 9.51. The first kappa shape index (κ1) is 15.1. The molecular weight excluding hydrogens is 296 g/mol. The van der Waals surface area contributed by atoms with Crippen LogP contribution in [0.1, 0.15) is 30.5 Å². The average Bonchev–Trinajstić information content (AvgIpc) is 2.41. The summed E-state index contributed by atoms with van der Waals surface area (Å²) >= 11 is 12.1. The molecule has 1 atom stereocenters. The number of nitrogens with one attached hydrogen (secondary N) is 1. The Balaban J connectivity index is 2.26. The molecule has 2 rings (SSSR count). The van der Waals surface area contributed by atoms with Crippen molar-refractivity contribution in [3.05, 3.63) is 63.4 Å². The number of aryl methyl sites for hydroxylation is 1. The molecule has 0 saturated carbocycles. The van der Waals surface area contributed by atoms with E-state index in [1.807, 2.05) is 25.1 Å². The van der Waals surface area contributed by atoms with E-state index in [1.165, 1.54) is 6.07 Å². The fourth-order valence-electron chi connectivity index (χ4n) is 2.07. The van der Waals surface area contributed by atoms with Gasteiger partial charge >= 0.3 is 0 Å². The van der Waals surface area contributed by atoms with Gasteiger partial charge in [0.1, 0.15) is 5.82 Å². The molecule has 0 saturated heterocycles. The Bertz CT molecular complexity index is 613. The maximum atomic E-state index is 13.6. The highest BCUT2D eigenvalue weighted by Crippen LogP contribution is 2.30. The molecule has 20 heavy (non-hydrogen) atoms. The molecular formula is C16H16Cl2FN. The van der Waals surface area contributed by atoms with E-state index in [0.29, 0.717) is 15.6 Å². The summed E-state index contributed by atoms with van der Waals surface area (Å²) in [7, 11) is 0. The zero-order valence-electron chi connectivity index (χ0n) is 11.4. The Hall–Kier alpha value is -1.25. The lowest BCUT2D eigenvalue weighted by Gasteiger charge is -2.20. The Morgan fingerprint density at radius 1 is 1.15 bits per heavy atom. The van der Waals surface area contributed by atoms with Crippen molar-refractivity contribution in [1.82, 2.24) is 0 Å². The average molecular weight is 312 g/mol. The lowest BCUT2D eigenvalue weighted by atomic mass is 10.0. The minimum atomic E-state index is -0.216. The second-order valence-electron chi connectivity index (χ2n) is 4.73. The summed E-state index contributed by atoms with van der Waals surface area (Å²) in [6.07, 6.45) is 0.830. The quantitative estimate of drug-likeness (QED) is 0.729. The van der Waals surface area contributed by atoms with E-state index in [4.69, 9.17) is 23.2 Å². The van der Waals surface area contributed by atoms with Gasteiger partial charge in [0.15, 0.2) is 0 Å². The van der Waals surface area contributed by atoms with Crippen LogP contribution in [0.25, 0.3) is 0 Å². The SMILES string of the molecule is CCC(Nc1ccc(C)c(F)c1)c1ccc(Cl)cc1Cl. The summed E-state index contributed by atoms with van der Waals surface area (Å²) in [5.41, 5.74) is 2.33. The highest BCUT2D eigenvalue weighted by molar-refractivity contribution is 6.35. The van der Waals surface area contributed by atoms with E-state index < -0.39 is 0 Å². The van der Waals surface area contributed by atoms with Crippen molar-refractivity contribution in [2.45, 2.75) is 26.3 Å². The van der Waals surface area contributed by atoms with Crippen LogP contribution in [-0.4, -0.2) is 0 Å². The molecule has 0 amide bonds. The van der Waals surface area contributed by atoms with Crippen molar-refractivity contribution in [3.63, 3.8) is 0 Å². The van der Waals surface area contributed by atoms with Gasteiger partial charge in [-0.05, 0) is 48.7 Å². The number of benzene rings is 2. The fourth-order valence-corrected chi connectivity index (χ4v) is 2.61. The minimum absolute atomic E-state index is 0.0156. The summed E-state index contributed by atoms with van der Waals surface area (Å²) in [5.74, 6) is -0.216. The van der Waals surface area contributed by atoms with E-state index >= 15 is 0 Å². The van der Waals surface area contributed by atoms with Crippen LogP contribution < -0.4 is 5.32 Å². The molecule has 1 N–H and O–H groups in total. The molecule has 0 aromatic heterocycles. The molecule has 2 aromatic rings. The molecule has 4 heteroatoms. The van der Waals surface area contributed by atoms with Crippen molar-refractivity contribution in [1.29, 1.82) is 0 Å². The number of hydrogen-bond acceptors (Lipinski definition) is 1. The van der Waals surface area contributed by atoms with Crippen molar-refractivity contribution in [2.75, 3.05) is 5.32 Å². The van der Waals surface area contributed by atoms with E-state index in [0.717, 1.165) is 17.7 Å². The van der Waals surface area contributed by atoms with Gasteiger partial charge in [0, 0.05) is 15.7 Å². The third-order valence-corrected chi connectivity index (χ3v) is 3.82. The van der Waals surface area contributed by atoms with Crippen LogP contribution in [0, 0.1) is 12.7 Å². The summed E-state index contributed by atoms with van der Waals surface area (Å²) in [6, 6.07) is 10.6.